The van der Waals surface area contributed by atoms with Crippen LogP contribution in [0.2, 0.25) is 16.6 Å². The van der Waals surface area contributed by atoms with E-state index in [9.17, 15) is 18.0 Å². The molecule has 9 nitrogen and oxygen atoms in total. The number of likely N-dealkylation sites (N-methyl/N-ethyl adjacent to an activating group) is 3. The number of halogens is 3. The predicted octanol–water partition coefficient (Wildman–Crippen LogP) is 2.13. The van der Waals surface area contributed by atoms with Gasteiger partial charge in [0.05, 0.1) is 0 Å². The molecule has 0 aliphatic carbocycles. The van der Waals surface area contributed by atoms with Crippen LogP contribution in [-0.4, -0.2) is 102 Å². The van der Waals surface area contributed by atoms with E-state index in [1.54, 1.807) is 0 Å². The summed E-state index contributed by atoms with van der Waals surface area (Å²) in [6.07, 6.45) is 0. The van der Waals surface area contributed by atoms with Gasteiger partial charge in [-0.2, -0.15) is 13.2 Å². The van der Waals surface area contributed by atoms with Crippen molar-refractivity contribution in [3.8, 4) is 0 Å². The van der Waals surface area contributed by atoms with Crippen molar-refractivity contribution in [2.24, 2.45) is 0 Å². The number of hydrogen-bond acceptors (Lipinski definition) is 7. The molecule has 1 rings (SSSR count). The average Bonchev–Trinajstić information content (AvgIpc) is 2.66. The first-order chi connectivity index (χ1) is 13.8. The Labute approximate surface area is 219 Å². The molecule has 1 saturated heterocycles. The van der Waals surface area contributed by atoms with E-state index in [4.69, 9.17) is 13.0 Å². The molecule has 0 radical (unpaired) electrons. The average molecular weight is 710 g/mol. The minimum absolute atomic E-state index is 0. The van der Waals surface area contributed by atoms with E-state index in [0.717, 1.165) is 0 Å². The van der Waals surface area contributed by atoms with Gasteiger partial charge in [-0.1, -0.05) is 58.2 Å². The normalized spacial score (nSPS) is 17.0. The molecule has 0 aromatic rings. The molecule has 0 N–H and O–H groups in total. The van der Waals surface area contributed by atoms with E-state index < -0.39 is 23.9 Å². The maximum absolute atomic E-state index is 12.3. The second-order valence-electron chi connectivity index (χ2n) is 9.13. The smallest absolute Gasteiger partial charge is 0.485 e. The first-order valence-electron chi connectivity index (χ1n) is 10.5. The largest absolute Gasteiger partial charge is 2.00 e. The van der Waals surface area contributed by atoms with E-state index in [1.807, 2.05) is 0 Å². The fraction of sp³-hybridized carbons (Fsp3) is 1.00. The molecule has 212 valence electrons. The van der Waals surface area contributed by atoms with Crippen LogP contribution < -0.4 is 4.80 Å². The zero-order valence-corrected chi connectivity index (χ0v) is 26.5. The Bertz CT molecular complexity index is 545. The van der Waals surface area contributed by atoms with Crippen LogP contribution in [0.1, 0.15) is 41.5 Å². The van der Waals surface area contributed by atoms with E-state index in [0.29, 0.717) is 16.6 Å². The third-order valence-corrected chi connectivity index (χ3v) is 11.6. The van der Waals surface area contributed by atoms with Crippen LogP contribution in [0.5, 0.6) is 0 Å². The van der Waals surface area contributed by atoms with E-state index >= 15 is 0 Å². The topological polar surface area (TPSA) is 147 Å². The van der Waals surface area contributed by atoms with Crippen molar-refractivity contribution in [1.82, 2.24) is 14.7 Å². The summed E-state index contributed by atoms with van der Waals surface area (Å²) in [7, 11) is -1.72. The molecule has 34 heavy (non-hydrogen) atoms. The van der Waals surface area contributed by atoms with Crippen molar-refractivity contribution < 1.29 is 63.0 Å². The van der Waals surface area contributed by atoms with Crippen LogP contribution in [0.4, 0.5) is 13.2 Å². The van der Waals surface area contributed by atoms with Gasteiger partial charge in [-0.25, -0.2) is 8.42 Å². The van der Waals surface area contributed by atoms with Crippen molar-refractivity contribution in [1.29, 1.82) is 0 Å². The first kappa shape index (κ1) is 44.4. The summed E-state index contributed by atoms with van der Waals surface area (Å²) in [5.41, 5.74) is -4.56. The second kappa shape index (κ2) is 19.5. The molecule has 0 amide bonds. The van der Waals surface area contributed by atoms with E-state index in [1.165, 1.54) is 39.3 Å². The minimum atomic E-state index is -6.09. The predicted molar refractivity (Wildman–Crippen MR) is 121 cm³/mol. The molecule has 0 unspecified atom stereocenters. The standard InChI is InChI=1S/C9H21N3.C9H21OSi.CHF3O3S.2O.W/c1-10-4-6-11(2)8-9-12(3)7-5-10;1-7(2)11(10,8(3)4)9(5)6;2-1(3,4)8(5,6)7;;;/h4-9H2,1-3H3;7-9H,1-6H3;(H,5,6,7);;;/q;-1;;2*-2;/p-1. The summed E-state index contributed by atoms with van der Waals surface area (Å²) in [5.74, 6) is 0. The molecule has 0 aromatic heterocycles. The summed E-state index contributed by atoms with van der Waals surface area (Å²) >= 11 is 0. The van der Waals surface area contributed by atoms with Crippen molar-refractivity contribution in [2.75, 3.05) is 60.4 Å². The van der Waals surface area contributed by atoms with Gasteiger partial charge in [0.15, 0.2) is 10.1 Å². The van der Waals surface area contributed by atoms with Gasteiger partial charge >= 0.3 is 5.51 Å². The Morgan fingerprint density at radius 3 is 0.912 bits per heavy atom. The SMILES string of the molecule is CC(C)[Si]([O-])(C(C)C)C(C)C.CN1CCN(C)CCN(C)CC1.O=S(=O)([O-])C(F)(F)F.[O-2].[O-2].[W]. The Kier molecular flexibility index (Phi) is 25.4. The summed E-state index contributed by atoms with van der Waals surface area (Å²) in [6, 6.07) is 0. The molecule has 0 spiro atoms. The first-order valence-corrected chi connectivity index (χ1v) is 14.1. The van der Waals surface area contributed by atoms with Crippen molar-refractivity contribution in [2.45, 2.75) is 63.7 Å². The van der Waals surface area contributed by atoms with Gasteiger partial charge in [-0.05, 0) is 29.5 Å². The van der Waals surface area contributed by atoms with E-state index in [-0.39, 0.29) is 32.0 Å². The molecule has 0 aromatic carbocycles. The van der Waals surface area contributed by atoms with Crippen LogP contribution >= 0.6 is 0 Å². The summed E-state index contributed by atoms with van der Waals surface area (Å²) < 4.78 is 58.9. The molecule has 0 atom stereocenters. The number of hydrogen-bond donors (Lipinski definition) is 0. The van der Waals surface area contributed by atoms with Gasteiger partial charge in [0.1, 0.15) is 0 Å². The summed E-state index contributed by atoms with van der Waals surface area (Å²) in [4.78, 5) is 19.5. The third-order valence-electron chi connectivity index (χ3n) is 5.58. The van der Waals surface area contributed by atoms with Gasteiger partial charge in [0.25, 0.3) is 0 Å². The Hall–Kier alpha value is 0.365. The van der Waals surface area contributed by atoms with Gasteiger partial charge in [0, 0.05) is 60.3 Å². The molecule has 0 saturated carbocycles. The minimum Gasteiger partial charge on any atom is -2.00 e. The van der Waals surface area contributed by atoms with Gasteiger partial charge in [-0.3, -0.25) is 0 Å². The fourth-order valence-corrected chi connectivity index (χ4v) is 7.36. The fourth-order valence-electron chi connectivity index (χ4n) is 3.36. The molecule has 1 aliphatic rings. The van der Waals surface area contributed by atoms with Crippen molar-refractivity contribution in [3.63, 3.8) is 0 Å². The molecular weight excluding hydrogens is 667 g/mol. The zero-order chi connectivity index (χ0) is 25.2. The van der Waals surface area contributed by atoms with Crippen LogP contribution in [0.15, 0.2) is 0 Å². The van der Waals surface area contributed by atoms with Gasteiger partial charge in [0.2, 0.25) is 0 Å². The number of nitrogens with zero attached hydrogens (tertiary/aromatic N) is 3. The second-order valence-corrected chi connectivity index (χ2v) is 15.7. The van der Waals surface area contributed by atoms with Gasteiger partial charge in [-0.15, -0.1) is 0 Å². The maximum Gasteiger partial charge on any atom is 0.485 e. The molecule has 1 heterocycles. The van der Waals surface area contributed by atoms with Crippen LogP contribution in [-0.2, 0) is 42.1 Å². The third kappa shape index (κ3) is 17.7. The van der Waals surface area contributed by atoms with E-state index in [2.05, 4.69) is 77.4 Å². The maximum atomic E-state index is 12.3. The molecular formula is C19H42F3N3O6SSiW-6. The zero-order valence-electron chi connectivity index (χ0n) is 21.7. The summed E-state index contributed by atoms with van der Waals surface area (Å²) in [5, 5.41) is 0. The Morgan fingerprint density at radius 2 is 0.853 bits per heavy atom. The quantitative estimate of drug-likeness (QED) is 0.248. The van der Waals surface area contributed by atoms with Gasteiger partial charge < -0.3 is 35.0 Å². The van der Waals surface area contributed by atoms with Crippen LogP contribution in [0.3, 0.4) is 0 Å². The van der Waals surface area contributed by atoms with Crippen LogP contribution in [0.25, 0.3) is 0 Å². The van der Waals surface area contributed by atoms with Crippen molar-refractivity contribution >= 4 is 18.4 Å². The Morgan fingerprint density at radius 1 is 0.706 bits per heavy atom. The monoisotopic (exact) mass is 709 g/mol. The molecule has 15 heteroatoms. The summed E-state index contributed by atoms with van der Waals surface area (Å²) in [6.45, 7) is 19.7. The number of rotatable bonds is 3. The Balaban J connectivity index is -0.000000121. The van der Waals surface area contributed by atoms with Crippen LogP contribution in [0, 0.1) is 0 Å². The van der Waals surface area contributed by atoms with Crippen molar-refractivity contribution in [3.05, 3.63) is 0 Å². The molecule has 1 aliphatic heterocycles. The number of alkyl halides is 3. The molecule has 1 fully saturated rings. The molecule has 0 bridgehead atoms.